The number of hydrogen-bond donors (Lipinski definition) is 9. The molecule has 2 fully saturated rings. The van der Waals surface area contributed by atoms with E-state index in [9.17, 15) is 45.6 Å². The third-order valence-electron chi connectivity index (χ3n) is 17.8. The quantitative estimate of drug-likeness (QED) is 0.0204. The minimum absolute atomic E-state index is 0.244. The maximum absolute atomic E-state index is 13.4. The number of unbranched alkanes of at least 4 members (excludes halogenated alkanes) is 29. The Balaban J connectivity index is 1.69. The molecule has 2 aliphatic heterocycles. The molecule has 0 aromatic heterocycles. The Morgan fingerprint density at radius 1 is 0.385 bits per heavy atom. The second-order valence-corrected chi connectivity index (χ2v) is 26.4. The van der Waals surface area contributed by atoms with Crippen LogP contribution in [0.25, 0.3) is 0 Å². The lowest BCUT2D eigenvalue weighted by Crippen LogP contribution is -2.65. The van der Waals surface area contributed by atoms with Gasteiger partial charge in [0.05, 0.1) is 32.0 Å². The summed E-state index contributed by atoms with van der Waals surface area (Å²) in [4.78, 5) is 13.4. The fourth-order valence-electron chi connectivity index (χ4n) is 11.8. The van der Waals surface area contributed by atoms with Gasteiger partial charge in [-0.05, 0) is 109 Å². The molecule has 14 nitrogen and oxygen atoms in total. The zero-order valence-corrected chi connectivity index (χ0v) is 60.1. The number of hydrogen-bond acceptors (Lipinski definition) is 13. The van der Waals surface area contributed by atoms with Gasteiger partial charge < -0.3 is 65.1 Å². The Bertz CT molecular complexity index is 2130. The average Bonchev–Trinajstić information content (AvgIpc) is 0.797. The zero-order valence-electron chi connectivity index (χ0n) is 60.1. The molecule has 12 atom stereocenters. The van der Waals surface area contributed by atoms with Gasteiger partial charge >= 0.3 is 0 Å². The molecule has 0 aromatic rings. The molecule has 2 rings (SSSR count). The summed E-state index contributed by atoms with van der Waals surface area (Å²) in [6.07, 6.45) is 79.5. The third kappa shape index (κ3) is 47.2. The van der Waals surface area contributed by atoms with Gasteiger partial charge in [-0.3, -0.25) is 4.79 Å². The van der Waals surface area contributed by atoms with Crippen LogP contribution in [0, 0.1) is 0 Å². The molecule has 0 saturated carbocycles. The molecule has 1 amide bonds. The first-order valence-electron chi connectivity index (χ1n) is 38.4. The summed E-state index contributed by atoms with van der Waals surface area (Å²) in [5, 5.41) is 87.6. The summed E-state index contributed by atoms with van der Waals surface area (Å²) < 4.78 is 22.9. The second kappa shape index (κ2) is 64.5. The molecule has 0 spiro atoms. The van der Waals surface area contributed by atoms with Gasteiger partial charge in [0.1, 0.15) is 48.8 Å². The number of carbonyl (C=O) groups is 1. The normalized spacial score (nSPS) is 23.0. The highest BCUT2D eigenvalue weighted by molar-refractivity contribution is 5.76. The van der Waals surface area contributed by atoms with E-state index in [1.807, 2.05) is 6.08 Å². The van der Waals surface area contributed by atoms with Crippen molar-refractivity contribution in [3.8, 4) is 0 Å². The van der Waals surface area contributed by atoms with Gasteiger partial charge in [-0.2, -0.15) is 0 Å². The van der Waals surface area contributed by atoms with Gasteiger partial charge in [0.25, 0.3) is 0 Å². The lowest BCUT2D eigenvalue weighted by atomic mass is 9.97. The van der Waals surface area contributed by atoms with Crippen LogP contribution in [-0.2, 0) is 23.7 Å². The van der Waals surface area contributed by atoms with E-state index in [0.29, 0.717) is 12.8 Å². The monoisotopic (exact) mass is 1350 g/mol. The van der Waals surface area contributed by atoms with E-state index in [4.69, 9.17) is 18.9 Å². The number of aliphatic hydroxyl groups excluding tert-OH is 8. The van der Waals surface area contributed by atoms with Crippen molar-refractivity contribution in [3.05, 3.63) is 134 Å². The molecule has 550 valence electrons. The van der Waals surface area contributed by atoms with E-state index in [-0.39, 0.29) is 18.9 Å². The number of rotatable bonds is 62. The summed E-state index contributed by atoms with van der Waals surface area (Å²) in [6.45, 7) is 2.67. The van der Waals surface area contributed by atoms with E-state index < -0.39 is 86.8 Å². The third-order valence-corrected chi connectivity index (χ3v) is 17.8. The standard InChI is InChI=1S/C82H139NO13/c1-3-5-7-9-11-13-15-17-19-21-23-25-27-29-31-33-35-37-39-41-43-45-47-49-51-53-55-57-59-61-63-65-71(86)70(69-93-81-79(92)77(90)80(73(68-85)95-81)96-82-78(91)76(89)75(88)72(67-84)94-82)83-74(87)66-64-62-60-58-56-54-52-50-48-46-44-42-40-38-36-34-32-30-28-26-24-22-20-18-16-14-12-10-8-6-4-2/h6,8,12,14,18,20,24,26,30,32,36,38,42,44,47-50,55,57,63,65,70-73,75-82,84-86,88-92H,3-5,7,9-11,13,15-17,19,21-23,25,27-29,31,33-35,37,39-41,43,45-46,51-54,56,58-62,64,66-69H2,1-2H3,(H,83,87)/b8-6-,14-12-,20-18-,26-24-,32-30-,38-36-,44-42-,49-47+,50-48-,57-55+,65-63+. The van der Waals surface area contributed by atoms with Crippen molar-refractivity contribution >= 4 is 5.91 Å². The van der Waals surface area contributed by atoms with Crippen LogP contribution < -0.4 is 5.32 Å². The van der Waals surface area contributed by atoms with Crippen molar-refractivity contribution < 1.29 is 64.6 Å². The maximum Gasteiger partial charge on any atom is 0.220 e. The molecule has 2 heterocycles. The minimum atomic E-state index is -1.80. The molecule has 96 heavy (non-hydrogen) atoms. The number of carbonyl (C=O) groups excluding carboxylic acids is 1. The summed E-state index contributed by atoms with van der Waals surface area (Å²) in [5.41, 5.74) is 0. The van der Waals surface area contributed by atoms with Crippen LogP contribution in [0.5, 0.6) is 0 Å². The molecule has 9 N–H and O–H groups in total. The zero-order chi connectivity index (χ0) is 69.4. The van der Waals surface area contributed by atoms with E-state index in [1.165, 1.54) is 135 Å². The van der Waals surface area contributed by atoms with Crippen LogP contribution in [0.2, 0.25) is 0 Å². The largest absolute Gasteiger partial charge is 0.394 e. The summed E-state index contributed by atoms with van der Waals surface area (Å²) in [7, 11) is 0. The summed E-state index contributed by atoms with van der Waals surface area (Å²) in [6, 6.07) is -0.959. The number of amides is 1. The van der Waals surface area contributed by atoms with Gasteiger partial charge in [0.2, 0.25) is 5.91 Å². The second-order valence-electron chi connectivity index (χ2n) is 26.4. The van der Waals surface area contributed by atoms with Crippen LogP contribution in [0.1, 0.15) is 284 Å². The molecule has 0 aromatic carbocycles. The van der Waals surface area contributed by atoms with Crippen molar-refractivity contribution in [1.82, 2.24) is 5.32 Å². The number of nitrogens with one attached hydrogen (secondary N) is 1. The van der Waals surface area contributed by atoms with Gasteiger partial charge in [0.15, 0.2) is 12.6 Å². The van der Waals surface area contributed by atoms with Crippen molar-refractivity contribution in [2.45, 2.75) is 357 Å². The van der Waals surface area contributed by atoms with Gasteiger partial charge in [-0.1, -0.05) is 302 Å². The average molecular weight is 1350 g/mol. The first kappa shape index (κ1) is 88.2. The van der Waals surface area contributed by atoms with Crippen molar-refractivity contribution in [1.29, 1.82) is 0 Å². The molecule has 2 aliphatic rings. The SMILES string of the molecule is CC/C=C\C/C=C\C/C=C\C/C=C\C/C=C\C/C=C\C/C=C\C/C=C\CCCCCCCCC(=O)NC(COC1OC(CO)C(OC2OC(CO)C(O)C(O)C2O)C(O)C1O)C(O)/C=C/CC/C=C/CC/C=C/CCCCCCCCCCCCCCCCCCCCCCC. The number of allylic oxidation sites excluding steroid dienone is 21. The highest BCUT2D eigenvalue weighted by Crippen LogP contribution is 2.30. The first-order chi connectivity index (χ1) is 47.1. The minimum Gasteiger partial charge on any atom is -0.394 e. The van der Waals surface area contributed by atoms with Gasteiger partial charge in [-0.25, -0.2) is 0 Å². The van der Waals surface area contributed by atoms with Crippen LogP contribution in [-0.4, -0.2) is 140 Å². The molecular weight excluding hydrogens is 1210 g/mol. The first-order valence-corrected chi connectivity index (χ1v) is 38.4. The van der Waals surface area contributed by atoms with Crippen molar-refractivity contribution in [2.24, 2.45) is 0 Å². The highest BCUT2D eigenvalue weighted by Gasteiger charge is 2.51. The smallest absolute Gasteiger partial charge is 0.220 e. The summed E-state index contributed by atoms with van der Waals surface area (Å²) in [5.74, 6) is -0.271. The van der Waals surface area contributed by atoms with E-state index in [1.54, 1.807) is 6.08 Å². The molecule has 2 saturated heterocycles. The maximum atomic E-state index is 13.4. The Labute approximate surface area is 583 Å². The Morgan fingerprint density at radius 2 is 0.729 bits per heavy atom. The van der Waals surface area contributed by atoms with Crippen LogP contribution in [0.3, 0.4) is 0 Å². The molecule has 0 aliphatic carbocycles. The van der Waals surface area contributed by atoms with Crippen LogP contribution >= 0.6 is 0 Å². The topological polar surface area (TPSA) is 228 Å². The molecular formula is C82H139NO13. The highest BCUT2D eigenvalue weighted by atomic mass is 16.7. The lowest BCUT2D eigenvalue weighted by molar-refractivity contribution is -0.359. The van der Waals surface area contributed by atoms with E-state index >= 15 is 0 Å². The fraction of sp³-hybridized carbons (Fsp3) is 0.720. The Hall–Kier alpha value is -3.87. The Morgan fingerprint density at radius 3 is 1.15 bits per heavy atom. The predicted molar refractivity (Wildman–Crippen MR) is 396 cm³/mol. The number of ether oxygens (including phenoxy) is 4. The van der Waals surface area contributed by atoms with Gasteiger partial charge in [0, 0.05) is 6.42 Å². The van der Waals surface area contributed by atoms with Crippen molar-refractivity contribution in [2.75, 3.05) is 19.8 Å². The van der Waals surface area contributed by atoms with Crippen LogP contribution in [0.15, 0.2) is 134 Å². The predicted octanol–water partition coefficient (Wildman–Crippen LogP) is 17.0. The molecule has 0 radical (unpaired) electrons. The molecule has 0 bridgehead atoms. The molecule has 14 heteroatoms. The fourth-order valence-corrected chi connectivity index (χ4v) is 11.8. The van der Waals surface area contributed by atoms with Gasteiger partial charge in [-0.15, -0.1) is 0 Å². The lowest BCUT2D eigenvalue weighted by Gasteiger charge is -2.46. The Kier molecular flexibility index (Phi) is 59.3. The van der Waals surface area contributed by atoms with E-state index in [0.717, 1.165) is 116 Å². The van der Waals surface area contributed by atoms with Crippen molar-refractivity contribution in [3.63, 3.8) is 0 Å². The van der Waals surface area contributed by atoms with E-state index in [2.05, 4.69) is 141 Å². The number of aliphatic hydroxyl groups is 8. The summed E-state index contributed by atoms with van der Waals surface area (Å²) >= 11 is 0. The molecule has 12 unspecified atom stereocenters. The van der Waals surface area contributed by atoms with Crippen LogP contribution in [0.4, 0.5) is 0 Å².